The fourth-order valence-corrected chi connectivity index (χ4v) is 4.21. The van der Waals surface area contributed by atoms with Crippen LogP contribution in [0.15, 0.2) is 76.4 Å². The van der Waals surface area contributed by atoms with E-state index in [1.54, 1.807) is 0 Å². The monoisotopic (exact) mass is 470 g/mol. The number of hydrogen-bond acceptors (Lipinski definition) is 7. The first-order valence-electron chi connectivity index (χ1n) is 11.9. The summed E-state index contributed by atoms with van der Waals surface area (Å²) in [5.41, 5.74) is 5.47. The Balaban J connectivity index is 1.30. The Hall–Kier alpha value is -3.75. The molecule has 8 heteroatoms. The lowest BCUT2D eigenvalue weighted by Crippen LogP contribution is -2.43. The molecule has 1 aliphatic carbocycles. The van der Waals surface area contributed by atoms with Crippen LogP contribution in [0.1, 0.15) is 12.1 Å². The topological polar surface area (TPSA) is 86.5 Å². The molecule has 0 spiro atoms. The molecule has 1 aliphatic heterocycles. The van der Waals surface area contributed by atoms with Crippen molar-refractivity contribution in [2.24, 2.45) is 0 Å². The van der Waals surface area contributed by atoms with Crippen LogP contribution in [-0.2, 0) is 11.3 Å². The molecule has 0 saturated carbocycles. The summed E-state index contributed by atoms with van der Waals surface area (Å²) < 4.78 is 5.98. The second-order valence-corrected chi connectivity index (χ2v) is 8.98. The molecule has 1 aromatic carbocycles. The number of pyridine rings is 1. The van der Waals surface area contributed by atoms with Crippen molar-refractivity contribution in [3.63, 3.8) is 0 Å². The number of hydrogen-bond donors (Lipinski definition) is 2. The number of fused-ring (bicyclic) bond motifs is 1. The van der Waals surface area contributed by atoms with Crippen molar-refractivity contribution in [2.45, 2.75) is 13.0 Å². The van der Waals surface area contributed by atoms with Crippen LogP contribution >= 0.6 is 0 Å². The Bertz CT molecular complexity index is 1310. The lowest BCUT2D eigenvalue weighted by molar-refractivity contribution is -0.112. The van der Waals surface area contributed by atoms with Crippen LogP contribution in [0.4, 0.5) is 5.69 Å². The van der Waals surface area contributed by atoms with Gasteiger partial charge in [-0.25, -0.2) is 4.98 Å². The van der Waals surface area contributed by atoms with Crippen LogP contribution in [0.3, 0.4) is 0 Å². The van der Waals surface area contributed by atoms with Gasteiger partial charge in [-0.3, -0.25) is 9.69 Å². The van der Waals surface area contributed by atoms with Crippen molar-refractivity contribution < 1.29 is 9.21 Å². The molecule has 0 bridgehead atoms. The van der Waals surface area contributed by atoms with E-state index in [1.807, 2.05) is 74.8 Å². The molecule has 2 N–H and O–H groups in total. The normalized spacial score (nSPS) is 16.5. The maximum absolute atomic E-state index is 12.9. The van der Waals surface area contributed by atoms with E-state index < -0.39 is 0 Å². The van der Waals surface area contributed by atoms with E-state index in [0.29, 0.717) is 34.8 Å². The van der Waals surface area contributed by atoms with Crippen LogP contribution in [0.2, 0.25) is 0 Å². The third-order valence-corrected chi connectivity index (χ3v) is 6.21. The van der Waals surface area contributed by atoms with Gasteiger partial charge in [0.15, 0.2) is 11.2 Å². The van der Waals surface area contributed by atoms with Crippen molar-refractivity contribution in [1.82, 2.24) is 25.1 Å². The maximum atomic E-state index is 12.9. The summed E-state index contributed by atoms with van der Waals surface area (Å²) in [5.74, 6) is 0.333. The average Bonchev–Trinajstić information content (AvgIpc) is 3.12. The second-order valence-electron chi connectivity index (χ2n) is 8.98. The fraction of sp³-hybridized carbons (Fsp3) is 0.296. The Labute approximate surface area is 205 Å². The Kier molecular flexibility index (Phi) is 6.74. The number of carbonyl (C=O) groups is 1. The summed E-state index contributed by atoms with van der Waals surface area (Å²) in [6.07, 6.45) is 8.41. The van der Waals surface area contributed by atoms with Crippen LogP contribution in [0.25, 0.3) is 22.7 Å². The standard InChI is InChI=1S/C27H30N6O2/c1-32(2)23-8-4-5-19(9-11-23)26(34)30-21-7-3-6-20(17-21)27-31-25-24(35-27)12-10-22(29-25)18-33-15-13-28-14-16-33/h3-10,12,17,28H,11,13-16,18H2,1-2H3,(H,30,34). The van der Waals surface area contributed by atoms with Crippen molar-refractivity contribution in [3.05, 3.63) is 77.7 Å². The third-order valence-electron chi connectivity index (χ3n) is 6.21. The van der Waals surface area contributed by atoms with E-state index in [9.17, 15) is 4.79 Å². The van der Waals surface area contributed by atoms with Crippen molar-refractivity contribution >= 4 is 22.8 Å². The number of nitrogens with one attached hydrogen (secondary N) is 2. The third kappa shape index (κ3) is 5.50. The fourth-order valence-electron chi connectivity index (χ4n) is 4.21. The predicted molar refractivity (Wildman–Crippen MR) is 138 cm³/mol. The van der Waals surface area contributed by atoms with Gasteiger partial charge in [0, 0.05) is 75.8 Å². The number of allylic oxidation sites excluding steroid dienone is 3. The highest BCUT2D eigenvalue weighted by Gasteiger charge is 2.15. The van der Waals surface area contributed by atoms with Crippen molar-refractivity contribution in [3.8, 4) is 11.5 Å². The summed E-state index contributed by atoms with van der Waals surface area (Å²) in [6, 6.07) is 11.5. The van der Waals surface area contributed by atoms with Gasteiger partial charge >= 0.3 is 0 Å². The van der Waals surface area contributed by atoms with Crippen LogP contribution in [0.5, 0.6) is 0 Å². The minimum absolute atomic E-state index is 0.149. The van der Waals surface area contributed by atoms with Gasteiger partial charge in [-0.1, -0.05) is 18.2 Å². The number of rotatable bonds is 6. The quantitative estimate of drug-likeness (QED) is 0.570. The van der Waals surface area contributed by atoms with E-state index in [4.69, 9.17) is 9.40 Å². The molecule has 8 nitrogen and oxygen atoms in total. The largest absolute Gasteiger partial charge is 0.434 e. The molecular formula is C27H30N6O2. The van der Waals surface area contributed by atoms with E-state index in [0.717, 1.165) is 49.7 Å². The van der Waals surface area contributed by atoms with Gasteiger partial charge in [-0.2, -0.15) is 4.98 Å². The Morgan fingerprint density at radius 2 is 2.03 bits per heavy atom. The highest BCUT2D eigenvalue weighted by molar-refractivity contribution is 6.06. The van der Waals surface area contributed by atoms with Gasteiger partial charge in [-0.15, -0.1) is 0 Å². The highest BCUT2D eigenvalue weighted by atomic mass is 16.3. The highest BCUT2D eigenvalue weighted by Crippen LogP contribution is 2.26. The predicted octanol–water partition coefficient (Wildman–Crippen LogP) is 3.57. The minimum atomic E-state index is -0.149. The molecule has 35 heavy (non-hydrogen) atoms. The van der Waals surface area contributed by atoms with E-state index in [2.05, 4.69) is 25.4 Å². The molecule has 0 unspecified atom stereocenters. The SMILES string of the molecule is CN(C)C1=CC=CC(C(=O)Nc2cccc(-c3nc4nc(CN5CCNCC5)ccc4o3)c2)=CC1. The molecule has 2 aliphatic rings. The van der Waals surface area contributed by atoms with E-state index in [-0.39, 0.29) is 5.91 Å². The van der Waals surface area contributed by atoms with Gasteiger partial charge in [-0.05, 0) is 42.5 Å². The molecule has 1 amide bonds. The molecule has 0 radical (unpaired) electrons. The zero-order valence-corrected chi connectivity index (χ0v) is 20.1. The van der Waals surface area contributed by atoms with Gasteiger partial charge in [0.25, 0.3) is 5.91 Å². The molecule has 2 aromatic heterocycles. The summed E-state index contributed by atoms with van der Waals surface area (Å²) >= 11 is 0. The minimum Gasteiger partial charge on any atom is -0.434 e. The number of nitrogens with zero attached hydrogens (tertiary/aromatic N) is 4. The molecule has 1 saturated heterocycles. The molecule has 0 atom stereocenters. The first-order valence-corrected chi connectivity index (χ1v) is 11.9. The number of piperazine rings is 1. The van der Waals surface area contributed by atoms with Crippen molar-refractivity contribution in [2.75, 3.05) is 45.6 Å². The van der Waals surface area contributed by atoms with E-state index in [1.165, 1.54) is 0 Å². The smallest absolute Gasteiger partial charge is 0.255 e. The maximum Gasteiger partial charge on any atom is 0.255 e. The molecule has 180 valence electrons. The zero-order chi connectivity index (χ0) is 24.2. The van der Waals surface area contributed by atoms with Gasteiger partial charge in [0.2, 0.25) is 5.89 Å². The number of amides is 1. The average molecular weight is 471 g/mol. The molecule has 3 heterocycles. The molecule has 3 aromatic rings. The van der Waals surface area contributed by atoms with Crippen LogP contribution in [-0.4, -0.2) is 65.9 Å². The van der Waals surface area contributed by atoms with Crippen LogP contribution < -0.4 is 10.6 Å². The lowest BCUT2D eigenvalue weighted by Gasteiger charge is -2.26. The van der Waals surface area contributed by atoms with Gasteiger partial charge in [0.1, 0.15) is 0 Å². The molecule has 5 rings (SSSR count). The Morgan fingerprint density at radius 1 is 1.17 bits per heavy atom. The number of carbonyl (C=O) groups excluding carboxylic acids is 1. The first kappa shape index (κ1) is 23.0. The summed E-state index contributed by atoms with van der Waals surface area (Å²) in [4.78, 5) is 26.6. The number of anilines is 1. The number of aromatic nitrogens is 2. The van der Waals surface area contributed by atoms with Crippen molar-refractivity contribution in [1.29, 1.82) is 0 Å². The number of benzene rings is 1. The van der Waals surface area contributed by atoms with Gasteiger partial charge in [0.05, 0.1) is 5.69 Å². The van der Waals surface area contributed by atoms with E-state index >= 15 is 0 Å². The first-order chi connectivity index (χ1) is 17.0. The van der Waals surface area contributed by atoms with Crippen LogP contribution in [0, 0.1) is 0 Å². The lowest BCUT2D eigenvalue weighted by atomic mass is 10.1. The summed E-state index contributed by atoms with van der Waals surface area (Å²) in [5, 5.41) is 6.36. The Morgan fingerprint density at radius 3 is 2.86 bits per heavy atom. The van der Waals surface area contributed by atoms with Gasteiger partial charge < -0.3 is 20.0 Å². The second kappa shape index (κ2) is 10.2. The summed E-state index contributed by atoms with van der Waals surface area (Å²) in [6.45, 7) is 4.84. The zero-order valence-electron chi connectivity index (χ0n) is 20.1. The number of oxazole rings is 1. The molecular weight excluding hydrogens is 440 g/mol. The summed E-state index contributed by atoms with van der Waals surface area (Å²) in [7, 11) is 4.00. The molecule has 1 fully saturated rings.